The van der Waals surface area contributed by atoms with E-state index in [0.29, 0.717) is 17.2 Å². The van der Waals surface area contributed by atoms with Gasteiger partial charge in [-0.15, -0.1) is 11.3 Å². The molecule has 1 N–H and O–H groups in total. The lowest BCUT2D eigenvalue weighted by molar-refractivity contribution is -0.119. The molecule has 0 aromatic carbocycles. The van der Waals surface area contributed by atoms with Gasteiger partial charge in [-0.25, -0.2) is 9.78 Å². The Morgan fingerprint density at radius 2 is 2.19 bits per heavy atom. The molecule has 0 saturated carbocycles. The molecule has 27 heavy (non-hydrogen) atoms. The smallest absolute Gasteiger partial charge is 0.344 e. The van der Waals surface area contributed by atoms with E-state index in [9.17, 15) is 14.9 Å². The third-order valence-electron chi connectivity index (χ3n) is 4.14. The minimum atomic E-state index is -0.687. The van der Waals surface area contributed by atoms with Crippen molar-refractivity contribution >= 4 is 28.2 Å². The summed E-state index contributed by atoms with van der Waals surface area (Å²) in [5, 5.41) is 12.7. The number of fused-ring (bicyclic) bond motifs is 1. The topological polar surface area (TPSA) is 101 Å². The van der Waals surface area contributed by atoms with E-state index >= 15 is 0 Å². The first kappa shape index (κ1) is 18.9. The molecule has 0 saturated heterocycles. The average Bonchev–Trinajstić information content (AvgIpc) is 3.03. The fraction of sp³-hybridized carbons (Fsp3) is 0.368. The zero-order valence-corrected chi connectivity index (χ0v) is 15.7. The van der Waals surface area contributed by atoms with Crippen LogP contribution in [0.15, 0.2) is 18.3 Å². The maximum absolute atomic E-state index is 12.2. The molecular weight excluding hydrogens is 366 g/mol. The summed E-state index contributed by atoms with van der Waals surface area (Å²) in [4.78, 5) is 29.6. The number of nitriles is 1. The summed E-state index contributed by atoms with van der Waals surface area (Å²) in [6.45, 7) is 1.69. The van der Waals surface area contributed by atoms with Gasteiger partial charge in [0.25, 0.3) is 5.91 Å². The Morgan fingerprint density at radius 1 is 1.37 bits per heavy atom. The lowest BCUT2D eigenvalue weighted by atomic mass is 9.96. The number of aryl methyl sites for hydroxylation is 1. The second-order valence-electron chi connectivity index (χ2n) is 5.94. The molecule has 0 unspecified atom stereocenters. The van der Waals surface area contributed by atoms with Crippen LogP contribution in [-0.4, -0.2) is 30.1 Å². The molecule has 3 rings (SSSR count). The van der Waals surface area contributed by atoms with Crippen LogP contribution in [0.25, 0.3) is 0 Å². The first-order valence-electron chi connectivity index (χ1n) is 8.73. The van der Waals surface area contributed by atoms with Gasteiger partial charge in [0.05, 0.1) is 12.2 Å². The number of hydrogen-bond acceptors (Lipinski definition) is 7. The summed E-state index contributed by atoms with van der Waals surface area (Å²) in [6, 6.07) is 5.30. The van der Waals surface area contributed by atoms with Crippen LogP contribution < -0.4 is 10.1 Å². The van der Waals surface area contributed by atoms with Crippen molar-refractivity contribution in [2.45, 2.75) is 32.6 Å². The van der Waals surface area contributed by atoms with E-state index in [1.54, 1.807) is 13.0 Å². The molecule has 1 aliphatic carbocycles. The van der Waals surface area contributed by atoms with E-state index in [2.05, 4.69) is 16.4 Å². The number of carbonyl (C=O) groups excluding carboxylic acids is 2. The summed E-state index contributed by atoms with van der Waals surface area (Å²) in [7, 11) is 0. The number of nitrogens with one attached hydrogen (secondary N) is 1. The summed E-state index contributed by atoms with van der Waals surface area (Å²) >= 11 is 1.43. The van der Waals surface area contributed by atoms with Crippen molar-refractivity contribution in [3.8, 4) is 11.9 Å². The molecule has 0 fully saturated rings. The van der Waals surface area contributed by atoms with Crippen molar-refractivity contribution in [3.63, 3.8) is 0 Å². The van der Waals surface area contributed by atoms with Crippen molar-refractivity contribution in [3.05, 3.63) is 39.9 Å². The van der Waals surface area contributed by atoms with Gasteiger partial charge in [0.15, 0.2) is 6.61 Å². The summed E-state index contributed by atoms with van der Waals surface area (Å²) in [5.41, 5.74) is 1.73. The highest BCUT2D eigenvalue weighted by atomic mass is 32.1. The number of pyridine rings is 1. The van der Waals surface area contributed by atoms with Gasteiger partial charge in [-0.3, -0.25) is 4.79 Å². The van der Waals surface area contributed by atoms with E-state index in [4.69, 9.17) is 9.47 Å². The summed E-state index contributed by atoms with van der Waals surface area (Å²) in [5.74, 6) is -1.00. The molecule has 2 aromatic heterocycles. The predicted octanol–water partition coefficient (Wildman–Crippen LogP) is 3.09. The molecule has 140 valence electrons. The van der Waals surface area contributed by atoms with Crippen LogP contribution in [0, 0.1) is 11.3 Å². The van der Waals surface area contributed by atoms with Gasteiger partial charge in [-0.05, 0) is 50.3 Å². The zero-order valence-electron chi connectivity index (χ0n) is 14.9. The van der Waals surface area contributed by atoms with Crippen molar-refractivity contribution in [2.24, 2.45) is 0 Å². The number of aromatic nitrogens is 1. The maximum atomic E-state index is 12.2. The molecule has 1 amide bonds. The molecule has 0 atom stereocenters. The fourth-order valence-electron chi connectivity index (χ4n) is 2.94. The van der Waals surface area contributed by atoms with E-state index in [1.165, 1.54) is 23.6 Å². The third kappa shape index (κ3) is 4.26. The van der Waals surface area contributed by atoms with E-state index in [-0.39, 0.29) is 11.4 Å². The van der Waals surface area contributed by atoms with Crippen molar-refractivity contribution < 1.29 is 19.1 Å². The molecule has 8 heteroatoms. The monoisotopic (exact) mass is 385 g/mol. The molecule has 0 spiro atoms. The van der Waals surface area contributed by atoms with Crippen LogP contribution >= 0.6 is 11.3 Å². The Hall–Kier alpha value is -2.92. The lowest BCUT2D eigenvalue weighted by Gasteiger charge is -2.09. The molecule has 7 nitrogen and oxygen atoms in total. The third-order valence-corrected chi connectivity index (χ3v) is 5.35. The van der Waals surface area contributed by atoms with Crippen LogP contribution in [0.3, 0.4) is 0 Å². The lowest BCUT2D eigenvalue weighted by Crippen LogP contribution is -2.21. The van der Waals surface area contributed by atoms with Crippen LogP contribution in [0.1, 0.15) is 46.1 Å². The maximum Gasteiger partial charge on any atom is 0.344 e. The van der Waals surface area contributed by atoms with Gasteiger partial charge >= 0.3 is 5.97 Å². The van der Waals surface area contributed by atoms with Crippen molar-refractivity contribution in [1.29, 1.82) is 5.26 Å². The minimum absolute atomic E-state index is 0.163. The van der Waals surface area contributed by atoms with E-state index < -0.39 is 18.5 Å². The van der Waals surface area contributed by atoms with Gasteiger partial charge in [-0.2, -0.15) is 5.26 Å². The predicted molar refractivity (Wildman–Crippen MR) is 100.0 cm³/mol. The van der Waals surface area contributed by atoms with Gasteiger partial charge < -0.3 is 14.8 Å². The largest absolute Gasteiger partial charge is 0.477 e. The number of thiophene rings is 1. The zero-order chi connectivity index (χ0) is 19.2. The summed E-state index contributed by atoms with van der Waals surface area (Å²) < 4.78 is 10.4. The van der Waals surface area contributed by atoms with Gasteiger partial charge in [0.2, 0.25) is 5.88 Å². The molecule has 0 radical (unpaired) electrons. The highest BCUT2D eigenvalue weighted by molar-refractivity contribution is 7.16. The van der Waals surface area contributed by atoms with E-state index in [1.807, 2.05) is 0 Å². The highest BCUT2D eigenvalue weighted by Gasteiger charge is 2.22. The highest BCUT2D eigenvalue weighted by Crippen LogP contribution is 2.37. The number of esters is 1. The molecule has 1 aliphatic rings. The van der Waals surface area contributed by atoms with Crippen molar-refractivity contribution in [2.75, 3.05) is 18.5 Å². The number of nitrogens with zero attached hydrogens (tertiary/aromatic N) is 2. The minimum Gasteiger partial charge on any atom is -0.477 e. The normalized spacial score (nSPS) is 12.6. The first-order chi connectivity index (χ1) is 13.1. The fourth-order valence-corrected chi connectivity index (χ4v) is 4.20. The number of amides is 1. The van der Waals surface area contributed by atoms with Crippen LogP contribution in [0.2, 0.25) is 0 Å². The van der Waals surface area contributed by atoms with Crippen LogP contribution in [-0.2, 0) is 22.4 Å². The molecular formula is C19H19N3O4S. The average molecular weight is 385 g/mol. The SMILES string of the molecule is CCOc1ncccc1C(=O)OCC(=O)Nc1sc2c(c1C#N)CCCC2. The Balaban J connectivity index is 1.63. The Morgan fingerprint density at radius 3 is 2.96 bits per heavy atom. The second-order valence-corrected chi connectivity index (χ2v) is 7.05. The number of hydrogen-bond donors (Lipinski definition) is 1. The molecule has 2 heterocycles. The molecule has 0 aliphatic heterocycles. The quantitative estimate of drug-likeness (QED) is 0.767. The Bertz CT molecular complexity index is 901. The van der Waals surface area contributed by atoms with E-state index in [0.717, 1.165) is 36.1 Å². The Labute approximate surface area is 160 Å². The van der Waals surface area contributed by atoms with Crippen molar-refractivity contribution in [1.82, 2.24) is 4.98 Å². The first-order valence-corrected chi connectivity index (χ1v) is 9.55. The van der Waals surface area contributed by atoms with Gasteiger partial charge in [-0.1, -0.05) is 0 Å². The van der Waals surface area contributed by atoms with Gasteiger partial charge in [0.1, 0.15) is 16.6 Å². The molecule has 0 bridgehead atoms. The number of carbonyl (C=O) groups is 2. The Kier molecular flexibility index (Phi) is 6.04. The second kappa shape index (κ2) is 8.64. The summed E-state index contributed by atoms with van der Waals surface area (Å²) in [6.07, 6.45) is 5.45. The molecule has 2 aromatic rings. The number of rotatable bonds is 6. The number of ether oxygens (including phenoxy) is 2. The van der Waals surface area contributed by atoms with Gasteiger partial charge in [0, 0.05) is 11.1 Å². The standard InChI is InChI=1S/C19H19N3O4S/c1-2-25-17-13(7-5-9-21-17)19(24)26-11-16(23)22-18-14(10-20)12-6-3-4-8-15(12)27-18/h5,7,9H,2-4,6,8,11H2,1H3,(H,22,23). The van der Waals surface area contributed by atoms with Crippen LogP contribution in [0.5, 0.6) is 5.88 Å². The van der Waals surface area contributed by atoms with Crippen LogP contribution in [0.4, 0.5) is 5.00 Å². The number of anilines is 1.